The lowest BCUT2D eigenvalue weighted by molar-refractivity contribution is 0.174. The Bertz CT molecular complexity index is 299. The number of thiazole rings is 1. The maximum Gasteiger partial charge on any atom is 0.0795 e. The van der Waals surface area contributed by atoms with Gasteiger partial charge in [0.15, 0.2) is 0 Å². The number of nitrogens with two attached hydrogens (primary N) is 1. The van der Waals surface area contributed by atoms with Crippen molar-refractivity contribution in [3.8, 4) is 0 Å². The van der Waals surface area contributed by atoms with Crippen molar-refractivity contribution in [2.75, 3.05) is 0 Å². The Balaban J connectivity index is 2.13. The Labute approximate surface area is 101 Å². The molecule has 0 aliphatic heterocycles. The Morgan fingerprint density at radius 1 is 1.56 bits per heavy atom. The van der Waals surface area contributed by atoms with E-state index in [1.165, 1.54) is 32.1 Å². The van der Waals surface area contributed by atoms with Crippen molar-refractivity contribution >= 4 is 11.3 Å². The van der Waals surface area contributed by atoms with Crippen LogP contribution in [0.1, 0.15) is 50.8 Å². The Hall–Kier alpha value is -0.450. The maximum atomic E-state index is 5.73. The van der Waals surface area contributed by atoms with Gasteiger partial charge in [-0.15, -0.1) is 11.3 Å². The molecular weight excluding hydrogens is 218 g/mol. The molecule has 0 spiro atoms. The topological polar surface area (TPSA) is 50.9 Å². The van der Waals surface area contributed by atoms with Crippen LogP contribution in [0.3, 0.4) is 0 Å². The van der Waals surface area contributed by atoms with Crippen molar-refractivity contribution in [1.29, 1.82) is 0 Å². The van der Waals surface area contributed by atoms with Crippen molar-refractivity contribution in [2.45, 2.75) is 45.1 Å². The number of nitrogens with zero attached hydrogens (tertiary/aromatic N) is 1. The summed E-state index contributed by atoms with van der Waals surface area (Å²) in [6.45, 7) is 2.29. The summed E-state index contributed by atoms with van der Waals surface area (Å²) in [4.78, 5) is 4.41. The highest BCUT2D eigenvalue weighted by Gasteiger charge is 2.31. The Morgan fingerprint density at radius 2 is 2.38 bits per heavy atom. The van der Waals surface area contributed by atoms with Crippen LogP contribution in [0, 0.1) is 11.8 Å². The molecule has 1 aromatic rings. The van der Waals surface area contributed by atoms with Crippen LogP contribution in [0.25, 0.3) is 0 Å². The van der Waals surface area contributed by atoms with Gasteiger partial charge in [0.25, 0.3) is 0 Å². The normalized spacial score (nSPS) is 27.9. The number of hydrogen-bond donors (Lipinski definition) is 2. The number of hydrogen-bond acceptors (Lipinski definition) is 4. The molecular formula is C12H21N3S. The summed E-state index contributed by atoms with van der Waals surface area (Å²) in [6.07, 6.45) is 6.61. The second-order valence-corrected chi connectivity index (χ2v) is 5.39. The first-order valence-corrected chi connectivity index (χ1v) is 7.15. The molecule has 3 nitrogen and oxygen atoms in total. The molecule has 90 valence electrons. The number of rotatable bonds is 4. The van der Waals surface area contributed by atoms with Gasteiger partial charge in [-0.1, -0.05) is 32.6 Å². The highest BCUT2D eigenvalue weighted by Crippen LogP contribution is 2.39. The molecule has 1 aliphatic rings. The van der Waals surface area contributed by atoms with Crippen molar-refractivity contribution in [1.82, 2.24) is 10.4 Å². The lowest BCUT2D eigenvalue weighted by Crippen LogP contribution is -2.38. The quantitative estimate of drug-likeness (QED) is 0.627. The minimum Gasteiger partial charge on any atom is -0.271 e. The molecule has 1 aromatic heterocycles. The molecule has 0 radical (unpaired) electrons. The van der Waals surface area contributed by atoms with Crippen LogP contribution in [-0.2, 0) is 0 Å². The van der Waals surface area contributed by atoms with Gasteiger partial charge in [0.1, 0.15) is 0 Å². The highest BCUT2D eigenvalue weighted by molar-refractivity contribution is 7.07. The fourth-order valence-electron chi connectivity index (χ4n) is 2.99. The lowest BCUT2D eigenvalue weighted by atomic mass is 9.73. The number of nitrogens with one attached hydrogen (secondary N) is 1. The predicted octanol–water partition coefficient (Wildman–Crippen LogP) is 2.86. The van der Waals surface area contributed by atoms with Gasteiger partial charge in [-0.3, -0.25) is 11.3 Å². The van der Waals surface area contributed by atoms with Crippen LogP contribution in [0.15, 0.2) is 10.9 Å². The standard InChI is InChI=1S/C12H21N3S/c1-2-9-5-3-4-6-10(9)12(15-13)11-7-16-8-14-11/h7-10,12,15H,2-6,13H2,1H3. The molecule has 3 N–H and O–H groups in total. The van der Waals surface area contributed by atoms with E-state index in [1.54, 1.807) is 11.3 Å². The zero-order chi connectivity index (χ0) is 11.4. The maximum absolute atomic E-state index is 5.73. The van der Waals surface area contributed by atoms with E-state index in [9.17, 15) is 0 Å². The third kappa shape index (κ3) is 2.44. The average molecular weight is 239 g/mol. The van der Waals surface area contributed by atoms with Gasteiger partial charge in [-0.25, -0.2) is 4.98 Å². The molecule has 1 heterocycles. The first-order valence-electron chi connectivity index (χ1n) is 6.21. The molecule has 3 atom stereocenters. The second kappa shape index (κ2) is 5.75. The number of hydrazine groups is 1. The van der Waals surface area contributed by atoms with Gasteiger partial charge in [0.05, 0.1) is 17.2 Å². The fourth-order valence-corrected chi connectivity index (χ4v) is 3.58. The second-order valence-electron chi connectivity index (χ2n) is 4.67. The molecule has 3 unspecified atom stereocenters. The van der Waals surface area contributed by atoms with E-state index in [0.717, 1.165) is 11.6 Å². The van der Waals surface area contributed by atoms with E-state index in [0.29, 0.717) is 5.92 Å². The van der Waals surface area contributed by atoms with Gasteiger partial charge in [-0.2, -0.15) is 0 Å². The minimum atomic E-state index is 0.247. The third-order valence-corrected chi connectivity index (χ3v) is 4.47. The van der Waals surface area contributed by atoms with Gasteiger partial charge >= 0.3 is 0 Å². The van der Waals surface area contributed by atoms with Gasteiger partial charge in [0, 0.05) is 5.38 Å². The Kier molecular flexibility index (Phi) is 4.32. The molecule has 4 heteroatoms. The van der Waals surface area contributed by atoms with E-state index in [-0.39, 0.29) is 6.04 Å². The van der Waals surface area contributed by atoms with Crippen LogP contribution in [-0.4, -0.2) is 4.98 Å². The molecule has 0 saturated heterocycles. The zero-order valence-electron chi connectivity index (χ0n) is 9.86. The van der Waals surface area contributed by atoms with E-state index < -0.39 is 0 Å². The van der Waals surface area contributed by atoms with Crippen LogP contribution >= 0.6 is 11.3 Å². The monoisotopic (exact) mass is 239 g/mol. The van der Waals surface area contributed by atoms with E-state index in [4.69, 9.17) is 5.84 Å². The summed E-state index contributed by atoms with van der Waals surface area (Å²) in [5.41, 5.74) is 6.00. The van der Waals surface area contributed by atoms with Crippen LogP contribution in [0.2, 0.25) is 0 Å². The van der Waals surface area contributed by atoms with Crippen LogP contribution in [0.5, 0.6) is 0 Å². The zero-order valence-corrected chi connectivity index (χ0v) is 10.7. The van der Waals surface area contributed by atoms with E-state index in [1.807, 2.05) is 5.51 Å². The van der Waals surface area contributed by atoms with Crippen LogP contribution < -0.4 is 11.3 Å². The Morgan fingerprint density at radius 3 is 3.00 bits per heavy atom. The highest BCUT2D eigenvalue weighted by atomic mass is 32.1. The van der Waals surface area contributed by atoms with E-state index >= 15 is 0 Å². The van der Waals surface area contributed by atoms with Crippen molar-refractivity contribution < 1.29 is 0 Å². The minimum absolute atomic E-state index is 0.247. The smallest absolute Gasteiger partial charge is 0.0795 e. The first-order chi connectivity index (χ1) is 7.86. The van der Waals surface area contributed by atoms with Crippen molar-refractivity contribution in [3.05, 3.63) is 16.6 Å². The lowest BCUT2D eigenvalue weighted by Gasteiger charge is -2.35. The molecule has 0 amide bonds. The largest absolute Gasteiger partial charge is 0.271 e. The fraction of sp³-hybridized carbons (Fsp3) is 0.750. The van der Waals surface area contributed by atoms with Crippen molar-refractivity contribution in [2.24, 2.45) is 17.7 Å². The third-order valence-electron chi connectivity index (χ3n) is 3.87. The van der Waals surface area contributed by atoms with Gasteiger partial charge in [-0.05, 0) is 18.3 Å². The molecule has 2 rings (SSSR count). The summed E-state index contributed by atoms with van der Waals surface area (Å²) in [5.74, 6) is 7.19. The van der Waals surface area contributed by atoms with E-state index in [2.05, 4.69) is 22.7 Å². The van der Waals surface area contributed by atoms with Crippen LogP contribution in [0.4, 0.5) is 0 Å². The molecule has 0 aromatic carbocycles. The summed E-state index contributed by atoms with van der Waals surface area (Å²) in [6, 6.07) is 0.247. The van der Waals surface area contributed by atoms with Crippen molar-refractivity contribution in [3.63, 3.8) is 0 Å². The number of aromatic nitrogens is 1. The summed E-state index contributed by atoms with van der Waals surface area (Å²) in [5, 5.41) is 2.12. The first kappa shape index (κ1) is 12.0. The summed E-state index contributed by atoms with van der Waals surface area (Å²) in [7, 11) is 0. The van der Waals surface area contributed by atoms with Gasteiger partial charge < -0.3 is 0 Å². The molecule has 1 fully saturated rings. The van der Waals surface area contributed by atoms with Gasteiger partial charge in [0.2, 0.25) is 0 Å². The SMILES string of the molecule is CCC1CCCCC1C(NN)c1cscn1. The summed E-state index contributed by atoms with van der Waals surface area (Å²) >= 11 is 1.65. The molecule has 0 bridgehead atoms. The predicted molar refractivity (Wildman–Crippen MR) is 67.9 cm³/mol. The molecule has 16 heavy (non-hydrogen) atoms. The average Bonchev–Trinajstić information content (AvgIpc) is 2.84. The molecule has 1 aliphatic carbocycles. The molecule has 1 saturated carbocycles. The summed E-state index contributed by atoms with van der Waals surface area (Å²) < 4.78 is 0.